The molecule has 0 bridgehead atoms. The summed E-state index contributed by atoms with van der Waals surface area (Å²) in [4.78, 5) is 2.20. The Hall–Kier alpha value is -0.770. The Bertz CT molecular complexity index is 145. The van der Waals surface area contributed by atoms with Crippen LogP contribution >= 0.6 is 0 Å². The Morgan fingerprint density at radius 2 is 2.36 bits per heavy atom. The van der Waals surface area contributed by atoms with Gasteiger partial charge in [-0.15, -0.1) is 0 Å². The van der Waals surface area contributed by atoms with E-state index in [0.717, 1.165) is 13.0 Å². The van der Waals surface area contributed by atoms with Crippen LogP contribution in [0.15, 0.2) is 0 Å². The number of nitrogens with one attached hydrogen (secondary N) is 2. The summed E-state index contributed by atoms with van der Waals surface area (Å²) in [5.74, 6) is 0.0729. The molecule has 4 N–H and O–H groups in total. The molecule has 0 aromatic rings. The fourth-order valence-corrected chi connectivity index (χ4v) is 1.44. The number of hydrogen-bond donors (Lipinski definition) is 3. The first-order valence-electron chi connectivity index (χ1n) is 4.01. The molecule has 1 unspecified atom stereocenters. The van der Waals surface area contributed by atoms with Gasteiger partial charge in [0.15, 0.2) is 5.96 Å². The number of rotatable bonds is 1. The standard InChI is InChI=1S/C7H16N4/c1-11-5-3-2-4-6(11)10-7(8)9/h6H,2-5H2,1H3,(H4,8,9,10). The lowest BCUT2D eigenvalue weighted by atomic mass is 10.1. The van der Waals surface area contributed by atoms with Gasteiger partial charge in [-0.25, -0.2) is 0 Å². The molecule has 0 amide bonds. The average Bonchev–Trinajstić information content (AvgIpc) is 1.93. The number of hydrogen-bond acceptors (Lipinski definition) is 2. The minimum absolute atomic E-state index is 0.0729. The molecule has 1 saturated heterocycles. The number of guanidine groups is 1. The fraction of sp³-hybridized carbons (Fsp3) is 0.857. The van der Waals surface area contributed by atoms with E-state index in [9.17, 15) is 0 Å². The summed E-state index contributed by atoms with van der Waals surface area (Å²) in [5, 5.41) is 9.98. The molecule has 0 aromatic carbocycles. The van der Waals surface area contributed by atoms with Gasteiger partial charge in [-0.05, 0) is 32.9 Å². The van der Waals surface area contributed by atoms with Gasteiger partial charge in [0, 0.05) is 0 Å². The van der Waals surface area contributed by atoms with E-state index in [4.69, 9.17) is 11.1 Å². The monoisotopic (exact) mass is 156 g/mol. The summed E-state index contributed by atoms with van der Waals surface area (Å²) in [6.45, 7) is 1.10. The lowest BCUT2D eigenvalue weighted by Crippen LogP contribution is -2.50. The van der Waals surface area contributed by atoms with Crippen molar-refractivity contribution >= 4 is 5.96 Å². The third kappa shape index (κ3) is 2.38. The van der Waals surface area contributed by atoms with Crippen LogP contribution in [0.4, 0.5) is 0 Å². The number of nitrogens with two attached hydrogens (primary N) is 1. The minimum atomic E-state index is 0.0729. The van der Waals surface area contributed by atoms with Crippen LogP contribution in [-0.2, 0) is 0 Å². The minimum Gasteiger partial charge on any atom is -0.370 e. The number of nitrogens with zero attached hydrogens (tertiary/aromatic N) is 1. The van der Waals surface area contributed by atoms with Crippen molar-refractivity contribution in [2.24, 2.45) is 5.73 Å². The van der Waals surface area contributed by atoms with E-state index in [2.05, 4.69) is 17.3 Å². The molecule has 0 spiro atoms. The van der Waals surface area contributed by atoms with E-state index in [-0.39, 0.29) is 12.1 Å². The highest BCUT2D eigenvalue weighted by molar-refractivity contribution is 5.74. The number of likely N-dealkylation sites (tertiary alicyclic amines) is 1. The summed E-state index contributed by atoms with van der Waals surface area (Å²) in [5.41, 5.74) is 5.23. The maximum atomic E-state index is 7.06. The van der Waals surface area contributed by atoms with Gasteiger partial charge >= 0.3 is 0 Å². The Morgan fingerprint density at radius 1 is 1.64 bits per heavy atom. The summed E-state index contributed by atoms with van der Waals surface area (Å²) >= 11 is 0. The second kappa shape index (κ2) is 3.57. The van der Waals surface area contributed by atoms with Crippen LogP contribution in [0.1, 0.15) is 19.3 Å². The summed E-state index contributed by atoms with van der Waals surface area (Å²) in [7, 11) is 2.06. The van der Waals surface area contributed by atoms with Crippen LogP contribution in [0, 0.1) is 5.41 Å². The van der Waals surface area contributed by atoms with E-state index < -0.39 is 0 Å². The van der Waals surface area contributed by atoms with Gasteiger partial charge in [-0.1, -0.05) is 0 Å². The van der Waals surface area contributed by atoms with E-state index in [0.29, 0.717) is 0 Å². The van der Waals surface area contributed by atoms with Crippen molar-refractivity contribution in [2.75, 3.05) is 13.6 Å². The van der Waals surface area contributed by atoms with Gasteiger partial charge < -0.3 is 11.1 Å². The van der Waals surface area contributed by atoms with Crippen molar-refractivity contribution < 1.29 is 0 Å². The molecule has 4 heteroatoms. The maximum absolute atomic E-state index is 7.06. The third-order valence-corrected chi connectivity index (χ3v) is 2.09. The highest BCUT2D eigenvalue weighted by Crippen LogP contribution is 2.11. The van der Waals surface area contributed by atoms with Crippen molar-refractivity contribution in [3.8, 4) is 0 Å². The van der Waals surface area contributed by atoms with E-state index in [1.165, 1.54) is 12.8 Å². The molecule has 1 fully saturated rings. The first kappa shape index (κ1) is 8.33. The number of piperidine rings is 1. The van der Waals surface area contributed by atoms with E-state index >= 15 is 0 Å². The van der Waals surface area contributed by atoms with Crippen molar-refractivity contribution in [1.82, 2.24) is 10.2 Å². The molecule has 1 rings (SSSR count). The Labute approximate surface area is 67.3 Å². The van der Waals surface area contributed by atoms with Crippen LogP contribution in [0.5, 0.6) is 0 Å². The smallest absolute Gasteiger partial charge is 0.186 e. The lowest BCUT2D eigenvalue weighted by molar-refractivity contribution is 0.172. The third-order valence-electron chi connectivity index (χ3n) is 2.09. The van der Waals surface area contributed by atoms with Crippen LogP contribution in [0.2, 0.25) is 0 Å². The predicted octanol–water partition coefficient (Wildman–Crippen LogP) is -0.0887. The highest BCUT2D eigenvalue weighted by Gasteiger charge is 2.17. The quantitative estimate of drug-likeness (QED) is 0.367. The van der Waals surface area contributed by atoms with Crippen molar-refractivity contribution in [3.05, 3.63) is 0 Å². The molecule has 1 atom stereocenters. The van der Waals surface area contributed by atoms with Crippen LogP contribution in [0.25, 0.3) is 0 Å². The molecule has 4 nitrogen and oxygen atoms in total. The molecule has 1 heterocycles. The summed E-state index contributed by atoms with van der Waals surface area (Å²) in [6.07, 6.45) is 3.86. The molecule has 0 radical (unpaired) electrons. The van der Waals surface area contributed by atoms with Crippen molar-refractivity contribution in [2.45, 2.75) is 25.4 Å². The van der Waals surface area contributed by atoms with Crippen molar-refractivity contribution in [3.63, 3.8) is 0 Å². The van der Waals surface area contributed by atoms with E-state index in [1.807, 2.05) is 0 Å². The molecule has 1 aliphatic heterocycles. The fourth-order valence-electron chi connectivity index (χ4n) is 1.44. The molecular formula is C7H16N4. The van der Waals surface area contributed by atoms with Gasteiger partial charge in [0.2, 0.25) is 0 Å². The van der Waals surface area contributed by atoms with Crippen LogP contribution in [-0.4, -0.2) is 30.6 Å². The van der Waals surface area contributed by atoms with Crippen LogP contribution in [0.3, 0.4) is 0 Å². The molecule has 1 aliphatic rings. The normalized spacial score (nSPS) is 26.5. The largest absolute Gasteiger partial charge is 0.370 e. The predicted molar refractivity (Wildman–Crippen MR) is 45.3 cm³/mol. The summed E-state index contributed by atoms with van der Waals surface area (Å²) < 4.78 is 0. The van der Waals surface area contributed by atoms with E-state index in [1.54, 1.807) is 0 Å². The van der Waals surface area contributed by atoms with Crippen LogP contribution < -0.4 is 11.1 Å². The van der Waals surface area contributed by atoms with Gasteiger partial charge in [-0.3, -0.25) is 10.3 Å². The zero-order chi connectivity index (χ0) is 8.27. The Balaban J connectivity index is 2.35. The molecule has 11 heavy (non-hydrogen) atoms. The topological polar surface area (TPSA) is 65.1 Å². The highest BCUT2D eigenvalue weighted by atomic mass is 15.3. The Morgan fingerprint density at radius 3 is 2.91 bits per heavy atom. The van der Waals surface area contributed by atoms with Gasteiger partial charge in [-0.2, -0.15) is 0 Å². The molecule has 0 aromatic heterocycles. The summed E-state index contributed by atoms with van der Waals surface area (Å²) in [6, 6.07) is 0. The van der Waals surface area contributed by atoms with Crippen molar-refractivity contribution in [1.29, 1.82) is 5.41 Å². The SMILES string of the molecule is CN1CCCCC1NC(=N)N. The molecule has 64 valence electrons. The second-order valence-electron chi connectivity index (χ2n) is 3.05. The Kier molecular flexibility index (Phi) is 2.70. The first-order valence-corrected chi connectivity index (χ1v) is 4.01. The second-order valence-corrected chi connectivity index (χ2v) is 3.05. The molecule has 0 saturated carbocycles. The first-order chi connectivity index (χ1) is 5.20. The lowest BCUT2D eigenvalue weighted by Gasteiger charge is -2.32. The maximum Gasteiger partial charge on any atom is 0.186 e. The van der Waals surface area contributed by atoms with Gasteiger partial charge in [0.05, 0.1) is 6.17 Å². The zero-order valence-corrected chi connectivity index (χ0v) is 6.93. The average molecular weight is 156 g/mol. The van der Waals surface area contributed by atoms with Gasteiger partial charge in [0.1, 0.15) is 0 Å². The van der Waals surface area contributed by atoms with Gasteiger partial charge in [0.25, 0.3) is 0 Å². The molecule has 0 aliphatic carbocycles. The molecular weight excluding hydrogens is 140 g/mol. The zero-order valence-electron chi connectivity index (χ0n) is 6.93.